The molecule has 0 atom stereocenters. The van der Waals surface area contributed by atoms with E-state index in [1.54, 1.807) is 0 Å². The minimum atomic E-state index is -0.257. The molecule has 1 aliphatic heterocycles. The number of hydrogen-bond donors (Lipinski definition) is 2. The Balaban J connectivity index is 1.63. The molecule has 104 valence electrons. The second-order valence-electron chi connectivity index (χ2n) is 6.11. The van der Waals surface area contributed by atoms with Crippen LogP contribution in [0, 0.1) is 11.3 Å². The van der Waals surface area contributed by atoms with E-state index in [9.17, 15) is 4.79 Å². The molecule has 1 aromatic rings. The molecule has 1 aliphatic carbocycles. The summed E-state index contributed by atoms with van der Waals surface area (Å²) in [5.74, 6) is 0.674. The average molecular weight is 263 g/mol. The second kappa shape index (κ2) is 4.63. The van der Waals surface area contributed by atoms with Gasteiger partial charge in [0.25, 0.3) is 0 Å². The topological polar surface area (TPSA) is 67.0 Å². The van der Waals surface area contributed by atoms with Crippen LogP contribution in [0.3, 0.4) is 0 Å². The third kappa shape index (κ3) is 2.39. The van der Waals surface area contributed by atoms with E-state index >= 15 is 0 Å². The number of fused-ring (bicyclic) bond motifs is 1. The molecule has 2 heterocycles. The Bertz CT molecular complexity index is 489. The standard InChI is InChI=1S/C14H21N3O2/c1-14(2,9-3-4-9)13(18)15-7-12-10-8-19-6-5-11(10)16-17-12/h9H,3-8H2,1-2H3,(H,15,18)(H,16,17). The lowest BCUT2D eigenvalue weighted by molar-refractivity contribution is -0.130. The molecule has 0 bridgehead atoms. The molecular weight excluding hydrogens is 242 g/mol. The Kier molecular flexibility index (Phi) is 3.09. The molecule has 1 aromatic heterocycles. The van der Waals surface area contributed by atoms with Crippen LogP contribution in [0.4, 0.5) is 0 Å². The molecule has 0 radical (unpaired) electrons. The molecule has 2 aliphatic rings. The van der Waals surface area contributed by atoms with Gasteiger partial charge in [0.05, 0.1) is 25.5 Å². The molecular formula is C14H21N3O2. The SMILES string of the molecule is CC(C)(C(=O)NCc1n[nH]c2c1COCC2)C1CC1. The Labute approximate surface area is 113 Å². The Morgan fingerprint density at radius 1 is 1.53 bits per heavy atom. The molecule has 1 saturated carbocycles. The van der Waals surface area contributed by atoms with E-state index in [1.807, 2.05) is 13.8 Å². The van der Waals surface area contributed by atoms with E-state index in [4.69, 9.17) is 4.74 Å². The normalized spacial score (nSPS) is 19.1. The number of H-pyrrole nitrogens is 1. The zero-order valence-corrected chi connectivity index (χ0v) is 11.6. The molecule has 0 spiro atoms. The van der Waals surface area contributed by atoms with Crippen LogP contribution in [-0.4, -0.2) is 22.7 Å². The number of aromatic amines is 1. The molecule has 1 fully saturated rings. The molecule has 3 rings (SSSR count). The fourth-order valence-corrected chi connectivity index (χ4v) is 2.70. The fourth-order valence-electron chi connectivity index (χ4n) is 2.70. The smallest absolute Gasteiger partial charge is 0.226 e. The largest absolute Gasteiger partial charge is 0.376 e. The van der Waals surface area contributed by atoms with Crippen molar-refractivity contribution >= 4 is 5.91 Å². The van der Waals surface area contributed by atoms with Gasteiger partial charge in [-0.2, -0.15) is 5.10 Å². The lowest BCUT2D eigenvalue weighted by Crippen LogP contribution is -2.38. The lowest BCUT2D eigenvalue weighted by atomic mass is 9.86. The summed E-state index contributed by atoms with van der Waals surface area (Å²) in [4.78, 5) is 12.2. The molecule has 1 amide bonds. The van der Waals surface area contributed by atoms with Gasteiger partial charge in [-0.3, -0.25) is 9.89 Å². The van der Waals surface area contributed by atoms with Crippen LogP contribution >= 0.6 is 0 Å². The highest BCUT2D eigenvalue weighted by Gasteiger charge is 2.43. The number of rotatable bonds is 4. The van der Waals surface area contributed by atoms with Gasteiger partial charge in [0.1, 0.15) is 0 Å². The van der Waals surface area contributed by atoms with Gasteiger partial charge >= 0.3 is 0 Å². The summed E-state index contributed by atoms with van der Waals surface area (Å²) in [7, 11) is 0. The van der Waals surface area contributed by atoms with Crippen LogP contribution in [0.2, 0.25) is 0 Å². The number of nitrogens with zero attached hydrogens (tertiary/aromatic N) is 1. The number of ether oxygens (including phenoxy) is 1. The molecule has 5 nitrogen and oxygen atoms in total. The number of carbonyl (C=O) groups is 1. The molecule has 2 N–H and O–H groups in total. The first kappa shape index (κ1) is 12.7. The van der Waals surface area contributed by atoms with Crippen molar-refractivity contribution in [3.8, 4) is 0 Å². The van der Waals surface area contributed by atoms with Crippen molar-refractivity contribution in [1.82, 2.24) is 15.5 Å². The number of carbonyl (C=O) groups excluding carboxylic acids is 1. The predicted octanol–water partition coefficient (Wildman–Crippen LogP) is 1.53. The molecule has 19 heavy (non-hydrogen) atoms. The second-order valence-corrected chi connectivity index (χ2v) is 6.11. The number of nitrogens with one attached hydrogen (secondary N) is 2. The summed E-state index contributed by atoms with van der Waals surface area (Å²) in [6, 6.07) is 0. The Hall–Kier alpha value is -1.36. The number of amides is 1. The van der Waals surface area contributed by atoms with Gasteiger partial charge in [-0.1, -0.05) is 13.8 Å². The van der Waals surface area contributed by atoms with E-state index < -0.39 is 0 Å². The minimum Gasteiger partial charge on any atom is -0.376 e. The first-order valence-electron chi connectivity index (χ1n) is 7.00. The van der Waals surface area contributed by atoms with E-state index in [0.29, 0.717) is 19.1 Å². The van der Waals surface area contributed by atoms with Gasteiger partial charge < -0.3 is 10.1 Å². The Morgan fingerprint density at radius 3 is 3.05 bits per heavy atom. The molecule has 5 heteroatoms. The van der Waals surface area contributed by atoms with Crippen molar-refractivity contribution in [2.75, 3.05) is 6.61 Å². The van der Waals surface area contributed by atoms with Gasteiger partial charge in [-0.15, -0.1) is 0 Å². The van der Waals surface area contributed by atoms with Crippen molar-refractivity contribution in [3.63, 3.8) is 0 Å². The Morgan fingerprint density at radius 2 is 2.32 bits per heavy atom. The third-order valence-corrected chi connectivity index (χ3v) is 4.38. The first-order valence-corrected chi connectivity index (χ1v) is 7.00. The summed E-state index contributed by atoms with van der Waals surface area (Å²) in [6.45, 7) is 5.90. The van der Waals surface area contributed by atoms with Crippen LogP contribution in [0.15, 0.2) is 0 Å². The zero-order valence-electron chi connectivity index (χ0n) is 11.6. The molecule has 0 aromatic carbocycles. The van der Waals surface area contributed by atoms with Crippen LogP contribution in [-0.2, 0) is 29.1 Å². The van der Waals surface area contributed by atoms with Gasteiger partial charge in [-0.05, 0) is 18.8 Å². The number of hydrogen-bond acceptors (Lipinski definition) is 3. The maximum Gasteiger partial charge on any atom is 0.226 e. The van der Waals surface area contributed by atoms with Crippen molar-refractivity contribution in [3.05, 3.63) is 17.0 Å². The highest BCUT2D eigenvalue weighted by atomic mass is 16.5. The van der Waals surface area contributed by atoms with Crippen LogP contribution in [0.25, 0.3) is 0 Å². The maximum absolute atomic E-state index is 12.2. The maximum atomic E-state index is 12.2. The summed E-state index contributed by atoms with van der Waals surface area (Å²) in [5.41, 5.74) is 2.93. The van der Waals surface area contributed by atoms with Crippen LogP contribution in [0.5, 0.6) is 0 Å². The van der Waals surface area contributed by atoms with Crippen molar-refractivity contribution in [2.24, 2.45) is 11.3 Å². The van der Waals surface area contributed by atoms with Crippen molar-refractivity contribution in [2.45, 2.75) is 46.3 Å². The predicted molar refractivity (Wildman–Crippen MR) is 70.3 cm³/mol. The van der Waals surface area contributed by atoms with Gasteiger partial charge in [0.2, 0.25) is 5.91 Å². The highest BCUT2D eigenvalue weighted by Crippen LogP contribution is 2.45. The fraction of sp³-hybridized carbons (Fsp3) is 0.714. The third-order valence-electron chi connectivity index (χ3n) is 4.38. The highest BCUT2D eigenvalue weighted by molar-refractivity contribution is 5.82. The first-order chi connectivity index (χ1) is 9.09. The summed E-state index contributed by atoms with van der Waals surface area (Å²) >= 11 is 0. The number of aromatic nitrogens is 2. The van der Waals surface area contributed by atoms with Gasteiger partial charge in [0, 0.05) is 23.1 Å². The monoisotopic (exact) mass is 263 g/mol. The quantitative estimate of drug-likeness (QED) is 0.865. The van der Waals surface area contributed by atoms with Crippen molar-refractivity contribution in [1.29, 1.82) is 0 Å². The van der Waals surface area contributed by atoms with Gasteiger partial charge in [0.15, 0.2) is 0 Å². The van der Waals surface area contributed by atoms with Gasteiger partial charge in [-0.25, -0.2) is 0 Å². The van der Waals surface area contributed by atoms with E-state index in [-0.39, 0.29) is 11.3 Å². The molecule has 0 saturated heterocycles. The molecule has 0 unspecified atom stereocenters. The average Bonchev–Trinajstić information content (AvgIpc) is 3.18. The van der Waals surface area contributed by atoms with E-state index in [1.165, 1.54) is 12.8 Å². The summed E-state index contributed by atoms with van der Waals surface area (Å²) < 4.78 is 5.44. The summed E-state index contributed by atoms with van der Waals surface area (Å²) in [6.07, 6.45) is 3.22. The minimum absolute atomic E-state index is 0.128. The zero-order chi connectivity index (χ0) is 13.5. The lowest BCUT2D eigenvalue weighted by Gasteiger charge is -2.23. The van der Waals surface area contributed by atoms with E-state index in [0.717, 1.165) is 30.0 Å². The van der Waals surface area contributed by atoms with E-state index in [2.05, 4.69) is 15.5 Å². The van der Waals surface area contributed by atoms with Crippen molar-refractivity contribution < 1.29 is 9.53 Å². The van der Waals surface area contributed by atoms with Crippen LogP contribution < -0.4 is 5.32 Å². The van der Waals surface area contributed by atoms with Crippen LogP contribution in [0.1, 0.15) is 43.6 Å². The summed E-state index contributed by atoms with van der Waals surface area (Å²) in [5, 5.41) is 10.4.